The van der Waals surface area contributed by atoms with Gasteiger partial charge in [-0.3, -0.25) is 20.1 Å². The highest BCUT2D eigenvalue weighted by atomic mass is 15.1. The van der Waals surface area contributed by atoms with Crippen LogP contribution in [0, 0.1) is 0 Å². The molecule has 0 spiro atoms. The second-order valence-electron chi connectivity index (χ2n) is 6.92. The van der Waals surface area contributed by atoms with Gasteiger partial charge in [-0.25, -0.2) is 4.98 Å². The third-order valence-corrected chi connectivity index (χ3v) is 5.11. The number of imidazole rings is 1. The number of nitrogens with zero attached hydrogens (tertiary/aromatic N) is 5. The molecule has 0 aliphatic heterocycles. The lowest BCUT2D eigenvalue weighted by atomic mass is 10.0. The van der Waals surface area contributed by atoms with Crippen molar-refractivity contribution in [3.8, 4) is 34.0 Å². The summed E-state index contributed by atoms with van der Waals surface area (Å²) in [4.78, 5) is 21.3. The van der Waals surface area contributed by atoms with Crippen LogP contribution in [0.4, 0.5) is 0 Å². The standard InChI is InChI=1S/C23H15N7/c1-2-9-25-18(3-1)21-22-19(8-12-26-21)27-23(28-22)20-16-13-15(4-5-17(16)29-30-20)14-6-10-24-11-7-14/h1-13H,(H,27,28)(H,29,30). The van der Waals surface area contributed by atoms with Gasteiger partial charge in [0.2, 0.25) is 0 Å². The van der Waals surface area contributed by atoms with Crippen molar-refractivity contribution in [2.24, 2.45) is 0 Å². The van der Waals surface area contributed by atoms with Crippen molar-refractivity contribution in [2.75, 3.05) is 0 Å². The molecule has 0 atom stereocenters. The fourth-order valence-corrected chi connectivity index (χ4v) is 3.66. The van der Waals surface area contributed by atoms with Crippen molar-refractivity contribution in [3.63, 3.8) is 0 Å². The summed E-state index contributed by atoms with van der Waals surface area (Å²) in [6, 6.07) is 17.9. The van der Waals surface area contributed by atoms with Gasteiger partial charge in [-0.2, -0.15) is 5.10 Å². The molecule has 0 aliphatic rings. The first-order valence-corrected chi connectivity index (χ1v) is 9.52. The lowest BCUT2D eigenvalue weighted by Crippen LogP contribution is -1.88. The number of aromatic amines is 2. The van der Waals surface area contributed by atoms with Crippen molar-refractivity contribution < 1.29 is 0 Å². The first kappa shape index (κ1) is 16.6. The van der Waals surface area contributed by atoms with Crippen LogP contribution in [0.5, 0.6) is 0 Å². The van der Waals surface area contributed by atoms with E-state index in [1.165, 1.54) is 0 Å². The number of fused-ring (bicyclic) bond motifs is 2. The molecule has 0 saturated carbocycles. The predicted octanol–water partition coefficient (Wildman–Crippen LogP) is 4.63. The molecule has 2 N–H and O–H groups in total. The number of rotatable bonds is 3. The van der Waals surface area contributed by atoms with Crippen LogP contribution in [0.15, 0.2) is 79.4 Å². The quantitative estimate of drug-likeness (QED) is 0.460. The first-order valence-electron chi connectivity index (χ1n) is 9.52. The molecule has 6 rings (SSSR count). The summed E-state index contributed by atoms with van der Waals surface area (Å²) in [5, 5.41) is 8.63. The second-order valence-corrected chi connectivity index (χ2v) is 6.92. The van der Waals surface area contributed by atoms with E-state index in [0.29, 0.717) is 5.82 Å². The zero-order valence-electron chi connectivity index (χ0n) is 15.7. The molecule has 0 saturated heterocycles. The van der Waals surface area contributed by atoms with Crippen LogP contribution in [0.3, 0.4) is 0 Å². The molecule has 142 valence electrons. The van der Waals surface area contributed by atoms with Crippen LogP contribution >= 0.6 is 0 Å². The van der Waals surface area contributed by atoms with Crippen LogP contribution in [-0.2, 0) is 0 Å². The Kier molecular flexibility index (Phi) is 3.64. The van der Waals surface area contributed by atoms with Gasteiger partial charge in [-0.15, -0.1) is 0 Å². The lowest BCUT2D eigenvalue weighted by molar-refractivity contribution is 1.11. The van der Waals surface area contributed by atoms with Gasteiger partial charge >= 0.3 is 0 Å². The van der Waals surface area contributed by atoms with Gasteiger partial charge in [0.15, 0.2) is 5.82 Å². The Labute approximate surface area is 170 Å². The summed E-state index contributed by atoms with van der Waals surface area (Å²) in [6.45, 7) is 0. The van der Waals surface area contributed by atoms with Gasteiger partial charge in [0, 0.05) is 30.2 Å². The number of benzene rings is 1. The molecule has 5 aromatic heterocycles. The van der Waals surface area contributed by atoms with Crippen molar-refractivity contribution >= 4 is 21.9 Å². The largest absolute Gasteiger partial charge is 0.336 e. The van der Waals surface area contributed by atoms with Crippen LogP contribution < -0.4 is 0 Å². The van der Waals surface area contributed by atoms with Gasteiger partial charge < -0.3 is 4.98 Å². The van der Waals surface area contributed by atoms with Gasteiger partial charge in [0.1, 0.15) is 16.9 Å². The van der Waals surface area contributed by atoms with Crippen LogP contribution in [0.25, 0.3) is 56.0 Å². The minimum atomic E-state index is 0.688. The van der Waals surface area contributed by atoms with E-state index in [1.807, 2.05) is 42.5 Å². The average molecular weight is 389 g/mol. The molecule has 7 heteroatoms. The summed E-state index contributed by atoms with van der Waals surface area (Å²) >= 11 is 0. The van der Waals surface area contributed by atoms with Crippen molar-refractivity contribution in [1.82, 2.24) is 35.1 Å². The first-order chi connectivity index (χ1) is 14.9. The van der Waals surface area contributed by atoms with Crippen LogP contribution in [0.1, 0.15) is 0 Å². The number of nitrogens with one attached hydrogen (secondary N) is 2. The molecule has 5 heterocycles. The Hall–Kier alpha value is -4.39. The molecule has 1 aromatic carbocycles. The Morgan fingerprint density at radius 3 is 2.50 bits per heavy atom. The average Bonchev–Trinajstić information content (AvgIpc) is 3.43. The molecule has 0 unspecified atom stereocenters. The highest BCUT2D eigenvalue weighted by Gasteiger charge is 2.16. The minimum Gasteiger partial charge on any atom is -0.336 e. The summed E-state index contributed by atoms with van der Waals surface area (Å²) in [6.07, 6.45) is 7.10. The molecule has 30 heavy (non-hydrogen) atoms. The Morgan fingerprint density at radius 2 is 1.63 bits per heavy atom. The van der Waals surface area contributed by atoms with E-state index >= 15 is 0 Å². The molecule has 0 aliphatic carbocycles. The molecular formula is C23H15N7. The van der Waals surface area contributed by atoms with Crippen molar-refractivity contribution in [3.05, 3.63) is 79.4 Å². The highest BCUT2D eigenvalue weighted by molar-refractivity contribution is 5.97. The maximum absolute atomic E-state index is 4.83. The van der Waals surface area contributed by atoms with E-state index in [0.717, 1.165) is 50.1 Å². The van der Waals surface area contributed by atoms with Crippen molar-refractivity contribution in [2.45, 2.75) is 0 Å². The van der Waals surface area contributed by atoms with E-state index in [-0.39, 0.29) is 0 Å². The normalized spacial score (nSPS) is 11.3. The maximum Gasteiger partial charge on any atom is 0.159 e. The van der Waals surface area contributed by atoms with E-state index in [1.54, 1.807) is 24.8 Å². The summed E-state index contributed by atoms with van der Waals surface area (Å²) in [5.41, 5.74) is 7.11. The van der Waals surface area contributed by atoms with E-state index < -0.39 is 0 Å². The van der Waals surface area contributed by atoms with E-state index in [2.05, 4.69) is 42.3 Å². The zero-order chi connectivity index (χ0) is 19.9. The summed E-state index contributed by atoms with van der Waals surface area (Å²) < 4.78 is 0. The topological polar surface area (TPSA) is 96.0 Å². The van der Waals surface area contributed by atoms with Gasteiger partial charge in [-0.1, -0.05) is 12.1 Å². The molecule has 7 nitrogen and oxygen atoms in total. The summed E-state index contributed by atoms with van der Waals surface area (Å²) in [7, 11) is 0. The Balaban J connectivity index is 1.52. The number of hydrogen-bond acceptors (Lipinski definition) is 5. The number of pyridine rings is 3. The smallest absolute Gasteiger partial charge is 0.159 e. The van der Waals surface area contributed by atoms with E-state index in [4.69, 9.17) is 4.98 Å². The monoisotopic (exact) mass is 389 g/mol. The fourth-order valence-electron chi connectivity index (χ4n) is 3.66. The highest BCUT2D eigenvalue weighted by Crippen LogP contribution is 2.31. The van der Waals surface area contributed by atoms with Gasteiger partial charge in [-0.05, 0) is 53.6 Å². The predicted molar refractivity (Wildman–Crippen MR) is 115 cm³/mol. The van der Waals surface area contributed by atoms with Crippen molar-refractivity contribution in [1.29, 1.82) is 0 Å². The lowest BCUT2D eigenvalue weighted by Gasteiger charge is -2.01. The second kappa shape index (κ2) is 6.59. The molecule has 0 bridgehead atoms. The molecule has 0 radical (unpaired) electrons. The van der Waals surface area contributed by atoms with Crippen LogP contribution in [-0.4, -0.2) is 35.1 Å². The Bertz CT molecular complexity index is 1480. The van der Waals surface area contributed by atoms with E-state index in [9.17, 15) is 0 Å². The Morgan fingerprint density at radius 1 is 0.700 bits per heavy atom. The maximum atomic E-state index is 4.83. The molecule has 0 amide bonds. The van der Waals surface area contributed by atoms with Crippen LogP contribution in [0.2, 0.25) is 0 Å². The van der Waals surface area contributed by atoms with Gasteiger partial charge in [0.05, 0.1) is 16.7 Å². The minimum absolute atomic E-state index is 0.688. The molecule has 0 fully saturated rings. The number of hydrogen-bond donors (Lipinski definition) is 2. The third kappa shape index (κ3) is 2.64. The summed E-state index contributed by atoms with van der Waals surface area (Å²) in [5.74, 6) is 0.688. The molecule has 6 aromatic rings. The molecular weight excluding hydrogens is 374 g/mol. The zero-order valence-corrected chi connectivity index (χ0v) is 15.7. The SMILES string of the molecule is c1ccc(-c2nccc3[nH]c(-c4n[nH]c5ccc(-c6ccncc6)cc45)nc23)nc1. The number of aromatic nitrogens is 7. The number of H-pyrrole nitrogens is 2. The van der Waals surface area contributed by atoms with Gasteiger partial charge in [0.25, 0.3) is 0 Å². The third-order valence-electron chi connectivity index (χ3n) is 5.11. The fraction of sp³-hybridized carbons (Fsp3) is 0.